The summed E-state index contributed by atoms with van der Waals surface area (Å²) in [7, 11) is 1.52. The van der Waals surface area contributed by atoms with Gasteiger partial charge in [-0.05, 0) is 19.1 Å². The molecule has 0 aliphatic carbocycles. The molecule has 1 heterocycles. The van der Waals surface area contributed by atoms with Crippen molar-refractivity contribution in [3.63, 3.8) is 0 Å². The van der Waals surface area contributed by atoms with Crippen molar-refractivity contribution < 1.29 is 13.9 Å². The molecule has 0 spiro atoms. The lowest BCUT2D eigenvalue weighted by Gasteiger charge is -2.00. The van der Waals surface area contributed by atoms with Gasteiger partial charge in [0.05, 0.1) is 13.7 Å². The van der Waals surface area contributed by atoms with Gasteiger partial charge in [0.15, 0.2) is 11.3 Å². The Morgan fingerprint density at radius 1 is 1.43 bits per heavy atom. The maximum atomic E-state index is 5.39. The van der Waals surface area contributed by atoms with Gasteiger partial charge in [-0.3, -0.25) is 0 Å². The first-order valence-corrected chi connectivity index (χ1v) is 4.41. The minimum Gasteiger partial charge on any atom is -0.490 e. The summed E-state index contributed by atoms with van der Waals surface area (Å²) in [6, 6.07) is 5.57. The second-order valence-electron chi connectivity index (χ2n) is 2.72. The maximum Gasteiger partial charge on any atom is 0.394 e. The van der Waals surface area contributed by atoms with E-state index in [9.17, 15) is 0 Å². The minimum atomic E-state index is 0.257. The highest BCUT2D eigenvalue weighted by Gasteiger charge is 2.09. The van der Waals surface area contributed by atoms with Crippen LogP contribution in [0.2, 0.25) is 0 Å². The fraction of sp³-hybridized carbons (Fsp3) is 0.300. The Kier molecular flexibility index (Phi) is 2.26. The van der Waals surface area contributed by atoms with Crippen LogP contribution in [0.3, 0.4) is 0 Å². The highest BCUT2D eigenvalue weighted by Crippen LogP contribution is 2.28. The molecule has 0 aliphatic heterocycles. The first kappa shape index (κ1) is 8.87. The topological polar surface area (TPSA) is 44.5 Å². The smallest absolute Gasteiger partial charge is 0.394 e. The molecule has 2 rings (SSSR count). The van der Waals surface area contributed by atoms with Crippen molar-refractivity contribution in [3.8, 4) is 11.8 Å². The van der Waals surface area contributed by atoms with E-state index in [1.165, 1.54) is 7.11 Å². The summed E-state index contributed by atoms with van der Waals surface area (Å²) >= 11 is 0. The van der Waals surface area contributed by atoms with E-state index in [0.29, 0.717) is 17.9 Å². The first-order chi connectivity index (χ1) is 6.85. The molecule has 1 aromatic carbocycles. The van der Waals surface area contributed by atoms with Crippen LogP contribution in [0.4, 0.5) is 0 Å². The number of hydrogen-bond donors (Lipinski definition) is 0. The van der Waals surface area contributed by atoms with E-state index in [1.807, 2.05) is 25.1 Å². The second-order valence-corrected chi connectivity index (χ2v) is 2.72. The predicted octanol–water partition coefficient (Wildman–Crippen LogP) is 2.24. The predicted molar refractivity (Wildman–Crippen MR) is 51.7 cm³/mol. The Balaban J connectivity index is 2.55. The Morgan fingerprint density at radius 2 is 2.29 bits per heavy atom. The Morgan fingerprint density at radius 3 is 3.00 bits per heavy atom. The summed E-state index contributed by atoms with van der Waals surface area (Å²) in [6.45, 7) is 2.52. The molecule has 0 unspecified atom stereocenters. The number of oxazole rings is 1. The number of benzene rings is 1. The van der Waals surface area contributed by atoms with E-state index in [1.54, 1.807) is 0 Å². The molecule has 74 valence electrons. The van der Waals surface area contributed by atoms with E-state index in [4.69, 9.17) is 13.9 Å². The van der Waals surface area contributed by atoms with Crippen molar-refractivity contribution in [2.45, 2.75) is 6.92 Å². The van der Waals surface area contributed by atoms with E-state index < -0.39 is 0 Å². The molecule has 1 aromatic heterocycles. The molecule has 0 saturated carbocycles. The molecule has 14 heavy (non-hydrogen) atoms. The van der Waals surface area contributed by atoms with Gasteiger partial charge in [-0.2, -0.15) is 4.98 Å². The molecule has 0 saturated heterocycles. The fourth-order valence-corrected chi connectivity index (χ4v) is 1.26. The number of para-hydroxylation sites is 1. The molecule has 4 heteroatoms. The van der Waals surface area contributed by atoms with Crippen LogP contribution >= 0.6 is 0 Å². The third kappa shape index (κ3) is 1.39. The SMILES string of the molecule is CCOc1cccc2nc(OC)oc12. The van der Waals surface area contributed by atoms with Crippen LogP contribution in [0, 0.1) is 0 Å². The van der Waals surface area contributed by atoms with Crippen molar-refractivity contribution in [2.24, 2.45) is 0 Å². The summed E-state index contributed by atoms with van der Waals surface area (Å²) in [6.07, 6.45) is 0.257. The molecule has 0 aliphatic rings. The summed E-state index contributed by atoms with van der Waals surface area (Å²) in [5.74, 6) is 0.695. The number of rotatable bonds is 3. The van der Waals surface area contributed by atoms with Crippen LogP contribution in [0.25, 0.3) is 11.1 Å². The molecule has 0 radical (unpaired) electrons. The molecule has 0 amide bonds. The van der Waals surface area contributed by atoms with Crippen LogP contribution in [-0.4, -0.2) is 18.7 Å². The van der Waals surface area contributed by atoms with Gasteiger partial charge in [0.25, 0.3) is 0 Å². The van der Waals surface area contributed by atoms with Gasteiger partial charge in [-0.1, -0.05) is 6.07 Å². The third-order valence-corrected chi connectivity index (χ3v) is 1.83. The third-order valence-electron chi connectivity index (χ3n) is 1.83. The minimum absolute atomic E-state index is 0.257. The molecule has 0 N–H and O–H groups in total. The molecular weight excluding hydrogens is 182 g/mol. The van der Waals surface area contributed by atoms with Crippen LogP contribution in [0.5, 0.6) is 11.8 Å². The van der Waals surface area contributed by atoms with Gasteiger partial charge >= 0.3 is 6.08 Å². The number of nitrogens with zero attached hydrogens (tertiary/aromatic N) is 1. The average Bonchev–Trinajstić information content (AvgIpc) is 2.62. The van der Waals surface area contributed by atoms with Crippen LogP contribution in [0.1, 0.15) is 6.92 Å². The van der Waals surface area contributed by atoms with E-state index >= 15 is 0 Å². The quantitative estimate of drug-likeness (QED) is 0.749. The van der Waals surface area contributed by atoms with Crippen molar-refractivity contribution in [1.29, 1.82) is 0 Å². The van der Waals surface area contributed by atoms with Crippen molar-refractivity contribution in [3.05, 3.63) is 18.2 Å². The van der Waals surface area contributed by atoms with E-state index in [0.717, 1.165) is 5.52 Å². The monoisotopic (exact) mass is 193 g/mol. The van der Waals surface area contributed by atoms with Gasteiger partial charge in [0.1, 0.15) is 5.52 Å². The van der Waals surface area contributed by atoms with Gasteiger partial charge in [0.2, 0.25) is 0 Å². The van der Waals surface area contributed by atoms with Crippen molar-refractivity contribution >= 4 is 11.1 Å². The highest BCUT2D eigenvalue weighted by atomic mass is 16.6. The number of ether oxygens (including phenoxy) is 2. The highest BCUT2D eigenvalue weighted by molar-refractivity contribution is 5.79. The van der Waals surface area contributed by atoms with Crippen molar-refractivity contribution in [1.82, 2.24) is 4.98 Å². The average molecular weight is 193 g/mol. The number of hydrogen-bond acceptors (Lipinski definition) is 4. The standard InChI is InChI=1S/C10H11NO3/c1-3-13-8-6-4-5-7-9(8)14-10(11-7)12-2/h4-6H,3H2,1-2H3. The first-order valence-electron chi connectivity index (χ1n) is 4.41. The summed E-state index contributed by atoms with van der Waals surface area (Å²) in [4.78, 5) is 4.11. The van der Waals surface area contributed by atoms with E-state index in [-0.39, 0.29) is 6.08 Å². The number of methoxy groups -OCH3 is 1. The van der Waals surface area contributed by atoms with E-state index in [2.05, 4.69) is 4.98 Å². The van der Waals surface area contributed by atoms with Crippen LogP contribution in [-0.2, 0) is 0 Å². The Labute approximate surface area is 81.4 Å². The molecule has 4 nitrogen and oxygen atoms in total. The molecule has 0 bridgehead atoms. The van der Waals surface area contributed by atoms with Gasteiger partial charge < -0.3 is 13.9 Å². The van der Waals surface area contributed by atoms with Gasteiger partial charge in [0, 0.05) is 0 Å². The largest absolute Gasteiger partial charge is 0.490 e. The fourth-order valence-electron chi connectivity index (χ4n) is 1.26. The zero-order valence-electron chi connectivity index (χ0n) is 8.11. The molecule has 2 aromatic rings. The van der Waals surface area contributed by atoms with Gasteiger partial charge in [-0.15, -0.1) is 0 Å². The second kappa shape index (κ2) is 3.57. The molecule has 0 fully saturated rings. The summed E-state index contributed by atoms with van der Waals surface area (Å²) in [5.41, 5.74) is 1.37. The lowest BCUT2D eigenvalue weighted by molar-refractivity contribution is 0.292. The Hall–Kier alpha value is -1.71. The zero-order chi connectivity index (χ0) is 9.97. The van der Waals surface area contributed by atoms with Crippen LogP contribution in [0.15, 0.2) is 22.6 Å². The Bertz CT molecular complexity index is 436. The van der Waals surface area contributed by atoms with Crippen LogP contribution < -0.4 is 9.47 Å². The lowest BCUT2D eigenvalue weighted by atomic mass is 10.3. The lowest BCUT2D eigenvalue weighted by Crippen LogP contribution is -1.90. The molecule has 0 atom stereocenters. The normalized spacial score (nSPS) is 10.4. The maximum absolute atomic E-state index is 5.39. The number of aromatic nitrogens is 1. The summed E-state index contributed by atoms with van der Waals surface area (Å²) < 4.78 is 15.6. The van der Waals surface area contributed by atoms with Crippen molar-refractivity contribution in [2.75, 3.05) is 13.7 Å². The van der Waals surface area contributed by atoms with Gasteiger partial charge in [-0.25, -0.2) is 0 Å². The zero-order valence-corrected chi connectivity index (χ0v) is 8.11. The molecular formula is C10H11NO3. The number of fused-ring (bicyclic) bond motifs is 1. The summed E-state index contributed by atoms with van der Waals surface area (Å²) in [5, 5.41) is 0.